The normalized spacial score (nSPS) is 14.6. The molecule has 1 aliphatic heterocycles. The van der Waals surface area contributed by atoms with Gasteiger partial charge in [-0.3, -0.25) is 0 Å². The van der Waals surface area contributed by atoms with Gasteiger partial charge < -0.3 is 14.6 Å². The zero-order valence-electron chi connectivity index (χ0n) is 10.2. The first kappa shape index (κ1) is 13.2. The molecule has 0 aromatic heterocycles. The molecule has 6 heteroatoms. The van der Waals surface area contributed by atoms with Gasteiger partial charge in [0.1, 0.15) is 13.2 Å². The van der Waals surface area contributed by atoms with Crippen molar-refractivity contribution in [2.75, 3.05) is 26.1 Å². The molecule has 1 aromatic carbocycles. The van der Waals surface area contributed by atoms with Gasteiger partial charge in [0.05, 0.1) is 4.90 Å². The van der Waals surface area contributed by atoms with Crippen LogP contribution in [-0.4, -0.2) is 39.6 Å². The number of ether oxygens (including phenoxy) is 2. The number of aliphatic hydroxyl groups is 1. The van der Waals surface area contributed by atoms with Gasteiger partial charge in [0.15, 0.2) is 21.3 Å². The predicted molar refractivity (Wildman–Crippen MR) is 65.9 cm³/mol. The van der Waals surface area contributed by atoms with Gasteiger partial charge in [0, 0.05) is 18.9 Å². The van der Waals surface area contributed by atoms with Gasteiger partial charge in [-0.15, -0.1) is 0 Å². The SMILES string of the molecule is CS(=O)(=O)c1cc2c(cc1CCCO)OCCO2. The van der Waals surface area contributed by atoms with E-state index in [9.17, 15) is 8.42 Å². The van der Waals surface area contributed by atoms with Crippen LogP contribution in [0.15, 0.2) is 17.0 Å². The van der Waals surface area contributed by atoms with E-state index < -0.39 is 9.84 Å². The Bertz CT molecular complexity index is 536. The van der Waals surface area contributed by atoms with Crippen LogP contribution in [0.4, 0.5) is 0 Å². The maximum absolute atomic E-state index is 11.7. The molecule has 0 radical (unpaired) electrons. The molecule has 1 aliphatic rings. The zero-order valence-corrected chi connectivity index (χ0v) is 11.0. The molecule has 0 spiro atoms. The number of benzene rings is 1. The fraction of sp³-hybridized carbons (Fsp3) is 0.500. The number of aryl methyl sites for hydroxylation is 1. The molecule has 0 saturated heterocycles. The van der Waals surface area contributed by atoms with E-state index in [0.717, 1.165) is 0 Å². The Morgan fingerprint density at radius 1 is 1.22 bits per heavy atom. The van der Waals surface area contributed by atoms with Crippen molar-refractivity contribution in [1.29, 1.82) is 0 Å². The van der Waals surface area contributed by atoms with E-state index in [4.69, 9.17) is 14.6 Å². The molecule has 5 nitrogen and oxygen atoms in total. The monoisotopic (exact) mass is 272 g/mol. The number of aliphatic hydroxyl groups excluding tert-OH is 1. The number of fused-ring (bicyclic) bond motifs is 1. The van der Waals surface area contributed by atoms with Crippen molar-refractivity contribution in [3.8, 4) is 11.5 Å². The second-order valence-corrected chi connectivity index (χ2v) is 6.19. The number of hydrogen-bond acceptors (Lipinski definition) is 5. The van der Waals surface area contributed by atoms with Crippen LogP contribution in [0.5, 0.6) is 11.5 Å². The van der Waals surface area contributed by atoms with Crippen LogP contribution < -0.4 is 9.47 Å². The molecule has 0 bridgehead atoms. The fourth-order valence-electron chi connectivity index (χ4n) is 1.92. The molecule has 1 aromatic rings. The van der Waals surface area contributed by atoms with Crippen LogP contribution >= 0.6 is 0 Å². The Hall–Kier alpha value is -1.27. The van der Waals surface area contributed by atoms with Crippen LogP contribution in [0, 0.1) is 0 Å². The molecule has 0 unspecified atom stereocenters. The standard InChI is InChI=1S/C12H16O5S/c1-18(14,15)12-8-11-10(16-5-6-17-11)7-9(12)3-2-4-13/h7-8,13H,2-6H2,1H3. The van der Waals surface area contributed by atoms with Gasteiger partial charge in [-0.1, -0.05) is 0 Å². The van der Waals surface area contributed by atoms with Crippen molar-refractivity contribution in [3.05, 3.63) is 17.7 Å². The summed E-state index contributed by atoms with van der Waals surface area (Å²) in [5.41, 5.74) is 0.663. The molecule has 0 fully saturated rings. The quantitative estimate of drug-likeness (QED) is 0.877. The maximum atomic E-state index is 11.7. The van der Waals surface area contributed by atoms with Crippen molar-refractivity contribution in [3.63, 3.8) is 0 Å². The van der Waals surface area contributed by atoms with E-state index in [-0.39, 0.29) is 11.5 Å². The van der Waals surface area contributed by atoms with E-state index in [1.807, 2.05) is 0 Å². The van der Waals surface area contributed by atoms with Gasteiger partial charge in [-0.2, -0.15) is 0 Å². The summed E-state index contributed by atoms with van der Waals surface area (Å²) in [5, 5.41) is 8.85. The largest absolute Gasteiger partial charge is 0.486 e. The van der Waals surface area contributed by atoms with Gasteiger partial charge >= 0.3 is 0 Å². The highest BCUT2D eigenvalue weighted by molar-refractivity contribution is 7.90. The van der Waals surface area contributed by atoms with E-state index in [1.54, 1.807) is 6.07 Å². The predicted octanol–water partition coefficient (Wildman–Crippen LogP) is 0.786. The average Bonchev–Trinajstić information content (AvgIpc) is 2.34. The molecular formula is C12H16O5S. The van der Waals surface area contributed by atoms with Crippen molar-refractivity contribution < 1.29 is 23.0 Å². The summed E-state index contributed by atoms with van der Waals surface area (Å²) in [5.74, 6) is 1.04. The summed E-state index contributed by atoms with van der Waals surface area (Å²) in [4.78, 5) is 0.250. The first-order valence-electron chi connectivity index (χ1n) is 5.76. The molecular weight excluding hydrogens is 256 g/mol. The van der Waals surface area contributed by atoms with Crippen molar-refractivity contribution in [1.82, 2.24) is 0 Å². The smallest absolute Gasteiger partial charge is 0.175 e. The minimum Gasteiger partial charge on any atom is -0.486 e. The summed E-state index contributed by atoms with van der Waals surface area (Å²) in [6.45, 7) is 0.911. The Kier molecular flexibility index (Phi) is 3.77. The van der Waals surface area contributed by atoms with Gasteiger partial charge in [-0.25, -0.2) is 8.42 Å². The van der Waals surface area contributed by atoms with E-state index in [0.29, 0.717) is 43.1 Å². The van der Waals surface area contributed by atoms with Crippen molar-refractivity contribution in [2.24, 2.45) is 0 Å². The van der Waals surface area contributed by atoms with E-state index >= 15 is 0 Å². The molecule has 0 amide bonds. The Morgan fingerprint density at radius 3 is 2.39 bits per heavy atom. The summed E-state index contributed by atoms with van der Waals surface area (Å²) < 4.78 is 34.3. The van der Waals surface area contributed by atoms with Gasteiger partial charge in [-0.05, 0) is 24.5 Å². The van der Waals surface area contributed by atoms with Crippen LogP contribution in [0.25, 0.3) is 0 Å². The highest BCUT2D eigenvalue weighted by atomic mass is 32.2. The van der Waals surface area contributed by atoms with E-state index in [1.165, 1.54) is 12.3 Å². The lowest BCUT2D eigenvalue weighted by Gasteiger charge is -2.20. The lowest BCUT2D eigenvalue weighted by atomic mass is 10.1. The average molecular weight is 272 g/mol. The zero-order chi connectivity index (χ0) is 13.2. The molecule has 0 atom stereocenters. The lowest BCUT2D eigenvalue weighted by Crippen LogP contribution is -2.16. The molecule has 18 heavy (non-hydrogen) atoms. The topological polar surface area (TPSA) is 72.8 Å². The first-order valence-corrected chi connectivity index (χ1v) is 7.65. The van der Waals surface area contributed by atoms with Crippen LogP contribution in [0.3, 0.4) is 0 Å². The Labute approximate surface area is 106 Å². The molecule has 1 N–H and O–H groups in total. The minimum atomic E-state index is -3.31. The summed E-state index contributed by atoms with van der Waals surface area (Å²) in [7, 11) is -3.31. The highest BCUT2D eigenvalue weighted by Gasteiger charge is 2.20. The fourth-order valence-corrected chi connectivity index (χ4v) is 2.88. The first-order chi connectivity index (χ1) is 8.52. The maximum Gasteiger partial charge on any atom is 0.175 e. The van der Waals surface area contributed by atoms with E-state index in [2.05, 4.69) is 0 Å². The molecule has 1 heterocycles. The second kappa shape index (κ2) is 5.16. The Balaban J connectivity index is 2.47. The summed E-state index contributed by atoms with van der Waals surface area (Å²) >= 11 is 0. The third kappa shape index (κ3) is 2.76. The summed E-state index contributed by atoms with van der Waals surface area (Å²) in [6, 6.07) is 3.21. The lowest BCUT2D eigenvalue weighted by molar-refractivity contribution is 0.170. The third-order valence-electron chi connectivity index (χ3n) is 2.73. The van der Waals surface area contributed by atoms with Crippen LogP contribution in [0.1, 0.15) is 12.0 Å². The van der Waals surface area contributed by atoms with Crippen LogP contribution in [-0.2, 0) is 16.3 Å². The second-order valence-electron chi connectivity index (χ2n) is 4.20. The molecule has 2 rings (SSSR count). The minimum absolute atomic E-state index is 0.0254. The number of rotatable bonds is 4. The number of sulfone groups is 1. The molecule has 100 valence electrons. The van der Waals surface area contributed by atoms with Crippen LogP contribution in [0.2, 0.25) is 0 Å². The third-order valence-corrected chi connectivity index (χ3v) is 3.91. The molecule has 0 saturated carbocycles. The van der Waals surface area contributed by atoms with Crippen molar-refractivity contribution >= 4 is 9.84 Å². The molecule has 0 aliphatic carbocycles. The van der Waals surface area contributed by atoms with Gasteiger partial charge in [0.2, 0.25) is 0 Å². The number of hydrogen-bond donors (Lipinski definition) is 1. The van der Waals surface area contributed by atoms with Gasteiger partial charge in [0.25, 0.3) is 0 Å². The van der Waals surface area contributed by atoms with Crippen molar-refractivity contribution in [2.45, 2.75) is 17.7 Å². The Morgan fingerprint density at radius 2 is 1.83 bits per heavy atom. The highest BCUT2D eigenvalue weighted by Crippen LogP contribution is 2.35. The summed E-state index contributed by atoms with van der Waals surface area (Å²) in [6.07, 6.45) is 2.18.